The fourth-order valence-electron chi connectivity index (χ4n) is 3.24. The van der Waals surface area contributed by atoms with E-state index in [0.29, 0.717) is 10.9 Å². The number of carbonyl (C=O) groups excluding carboxylic acids is 1. The summed E-state index contributed by atoms with van der Waals surface area (Å²) in [5, 5.41) is 3.04. The van der Waals surface area contributed by atoms with Crippen LogP contribution in [0, 0.1) is 32.1 Å². The van der Waals surface area contributed by atoms with E-state index in [1.807, 2.05) is 13.8 Å². The van der Waals surface area contributed by atoms with Gasteiger partial charge in [0.2, 0.25) is 5.91 Å². The lowest BCUT2D eigenvalue weighted by molar-refractivity contribution is -0.127. The molecule has 0 saturated heterocycles. The van der Waals surface area contributed by atoms with Gasteiger partial charge < -0.3 is 11.1 Å². The number of anilines is 1. The standard InChI is InChI=1S/C16H22N2OS/c1-9-5-11(3)13(12(4)6-9)18-15(19)16(14(17)20)7-10(2)8-16/h5-6,10H,7-8H2,1-4H3,(H2,17,20)(H,18,19). The van der Waals surface area contributed by atoms with Crippen molar-refractivity contribution in [2.24, 2.45) is 17.1 Å². The Morgan fingerprint density at radius 3 is 2.20 bits per heavy atom. The molecule has 108 valence electrons. The van der Waals surface area contributed by atoms with E-state index in [0.717, 1.165) is 29.7 Å². The van der Waals surface area contributed by atoms with Crippen molar-refractivity contribution in [2.75, 3.05) is 5.32 Å². The van der Waals surface area contributed by atoms with Crippen LogP contribution in [0.1, 0.15) is 36.5 Å². The molecule has 1 saturated carbocycles. The molecule has 4 heteroatoms. The maximum Gasteiger partial charge on any atom is 0.237 e. The molecule has 0 aliphatic heterocycles. The van der Waals surface area contributed by atoms with Gasteiger partial charge in [0.15, 0.2) is 0 Å². The van der Waals surface area contributed by atoms with E-state index in [-0.39, 0.29) is 5.91 Å². The summed E-state index contributed by atoms with van der Waals surface area (Å²) >= 11 is 5.13. The van der Waals surface area contributed by atoms with Crippen molar-refractivity contribution in [3.63, 3.8) is 0 Å². The first-order valence-electron chi connectivity index (χ1n) is 6.95. The van der Waals surface area contributed by atoms with Crippen molar-refractivity contribution in [2.45, 2.75) is 40.5 Å². The van der Waals surface area contributed by atoms with Crippen molar-refractivity contribution >= 4 is 28.8 Å². The molecule has 1 aromatic carbocycles. The smallest absolute Gasteiger partial charge is 0.237 e. The highest BCUT2D eigenvalue weighted by Gasteiger charge is 2.50. The lowest BCUT2D eigenvalue weighted by atomic mass is 9.62. The van der Waals surface area contributed by atoms with Gasteiger partial charge in [0.1, 0.15) is 0 Å². The molecule has 0 atom stereocenters. The first-order valence-corrected chi connectivity index (χ1v) is 7.36. The van der Waals surface area contributed by atoms with Gasteiger partial charge in [0.05, 0.1) is 10.4 Å². The maximum absolute atomic E-state index is 12.6. The summed E-state index contributed by atoms with van der Waals surface area (Å²) < 4.78 is 0. The number of aryl methyl sites for hydroxylation is 3. The van der Waals surface area contributed by atoms with Crippen LogP contribution in [0.2, 0.25) is 0 Å². The number of thiocarbonyl (C=S) groups is 1. The van der Waals surface area contributed by atoms with E-state index in [2.05, 4.69) is 31.3 Å². The Morgan fingerprint density at radius 1 is 1.30 bits per heavy atom. The summed E-state index contributed by atoms with van der Waals surface area (Å²) in [5.74, 6) is 0.445. The van der Waals surface area contributed by atoms with E-state index < -0.39 is 5.41 Å². The zero-order valence-electron chi connectivity index (χ0n) is 12.5. The van der Waals surface area contributed by atoms with E-state index in [9.17, 15) is 4.79 Å². The number of nitrogens with two attached hydrogens (primary N) is 1. The molecule has 20 heavy (non-hydrogen) atoms. The van der Waals surface area contributed by atoms with Crippen molar-refractivity contribution < 1.29 is 4.79 Å². The number of carbonyl (C=O) groups is 1. The molecule has 3 nitrogen and oxygen atoms in total. The lowest BCUT2D eigenvalue weighted by Gasteiger charge is -2.44. The summed E-state index contributed by atoms with van der Waals surface area (Å²) in [6, 6.07) is 4.14. The Balaban J connectivity index is 2.26. The third-order valence-corrected chi connectivity index (χ3v) is 4.61. The fourth-order valence-corrected chi connectivity index (χ4v) is 3.50. The van der Waals surface area contributed by atoms with Gasteiger partial charge in [-0.05, 0) is 50.7 Å². The first kappa shape index (κ1) is 15.0. The minimum absolute atomic E-state index is 0.0573. The molecular formula is C16H22N2OS. The molecule has 1 fully saturated rings. The van der Waals surface area contributed by atoms with Crippen molar-refractivity contribution in [3.8, 4) is 0 Å². The van der Waals surface area contributed by atoms with E-state index in [1.165, 1.54) is 5.56 Å². The Kier molecular flexibility index (Phi) is 3.87. The molecule has 1 aliphatic rings. The second-order valence-corrected chi connectivity index (χ2v) is 6.63. The number of amides is 1. The fraction of sp³-hybridized carbons (Fsp3) is 0.500. The SMILES string of the molecule is Cc1cc(C)c(NC(=O)C2(C(N)=S)CC(C)C2)c(C)c1. The number of nitrogens with one attached hydrogen (secondary N) is 1. The van der Waals surface area contributed by atoms with Crippen molar-refractivity contribution in [1.29, 1.82) is 0 Å². The molecule has 1 aromatic rings. The third kappa shape index (κ3) is 2.44. The summed E-state index contributed by atoms with van der Waals surface area (Å²) in [7, 11) is 0. The van der Waals surface area contributed by atoms with Gasteiger partial charge in [-0.3, -0.25) is 4.79 Å². The molecule has 0 spiro atoms. The second-order valence-electron chi connectivity index (χ2n) is 6.19. The molecular weight excluding hydrogens is 268 g/mol. The minimum Gasteiger partial charge on any atom is -0.392 e. The largest absolute Gasteiger partial charge is 0.392 e. The zero-order valence-corrected chi connectivity index (χ0v) is 13.4. The van der Waals surface area contributed by atoms with Gasteiger partial charge in [0.25, 0.3) is 0 Å². The molecule has 0 heterocycles. The highest BCUT2D eigenvalue weighted by Crippen LogP contribution is 2.46. The Labute approximate surface area is 125 Å². The van der Waals surface area contributed by atoms with Crippen LogP contribution >= 0.6 is 12.2 Å². The molecule has 1 amide bonds. The van der Waals surface area contributed by atoms with Gasteiger partial charge in [0, 0.05) is 5.69 Å². The summed E-state index contributed by atoms with van der Waals surface area (Å²) in [6.45, 7) is 8.18. The number of rotatable bonds is 3. The van der Waals surface area contributed by atoms with E-state index in [1.54, 1.807) is 0 Å². The third-order valence-electron chi connectivity index (χ3n) is 4.22. The monoisotopic (exact) mass is 290 g/mol. The summed E-state index contributed by atoms with van der Waals surface area (Å²) in [6.07, 6.45) is 1.50. The molecule has 0 aromatic heterocycles. The van der Waals surface area contributed by atoms with Gasteiger partial charge in [-0.1, -0.05) is 36.8 Å². The van der Waals surface area contributed by atoms with Crippen LogP contribution in [-0.4, -0.2) is 10.9 Å². The van der Waals surface area contributed by atoms with Crippen molar-refractivity contribution in [1.82, 2.24) is 0 Å². The highest BCUT2D eigenvalue weighted by atomic mass is 32.1. The average Bonchev–Trinajstić information content (AvgIpc) is 2.28. The van der Waals surface area contributed by atoms with Crippen LogP contribution in [0.3, 0.4) is 0 Å². The van der Waals surface area contributed by atoms with Gasteiger partial charge in [-0.2, -0.15) is 0 Å². The maximum atomic E-state index is 12.6. The van der Waals surface area contributed by atoms with E-state index >= 15 is 0 Å². The van der Waals surface area contributed by atoms with Crippen LogP contribution in [0.5, 0.6) is 0 Å². The van der Waals surface area contributed by atoms with Crippen molar-refractivity contribution in [3.05, 3.63) is 28.8 Å². The first-order chi connectivity index (χ1) is 9.26. The Hall–Kier alpha value is -1.42. The predicted molar refractivity (Wildman–Crippen MR) is 86.9 cm³/mol. The molecule has 3 N–H and O–H groups in total. The van der Waals surface area contributed by atoms with Crippen LogP contribution in [0.15, 0.2) is 12.1 Å². The van der Waals surface area contributed by atoms with Crippen LogP contribution < -0.4 is 11.1 Å². The number of benzene rings is 1. The average molecular weight is 290 g/mol. The molecule has 0 bridgehead atoms. The van der Waals surface area contributed by atoms with Gasteiger partial charge >= 0.3 is 0 Å². The summed E-state index contributed by atoms with van der Waals surface area (Å²) in [4.78, 5) is 12.9. The lowest BCUT2D eigenvalue weighted by Crippen LogP contribution is -2.54. The molecule has 0 radical (unpaired) electrons. The van der Waals surface area contributed by atoms with Crippen LogP contribution in [-0.2, 0) is 4.79 Å². The normalized spacial score (nSPS) is 24.9. The molecule has 2 rings (SSSR count). The van der Waals surface area contributed by atoms with E-state index in [4.69, 9.17) is 18.0 Å². The highest BCUT2D eigenvalue weighted by molar-refractivity contribution is 7.80. The zero-order chi connectivity index (χ0) is 15.1. The van der Waals surface area contributed by atoms with Crippen LogP contribution in [0.4, 0.5) is 5.69 Å². The van der Waals surface area contributed by atoms with Gasteiger partial charge in [-0.15, -0.1) is 0 Å². The number of hydrogen-bond donors (Lipinski definition) is 2. The quantitative estimate of drug-likeness (QED) is 0.840. The number of hydrogen-bond acceptors (Lipinski definition) is 2. The second kappa shape index (κ2) is 5.17. The minimum atomic E-state index is -0.654. The molecule has 0 unspecified atom stereocenters. The predicted octanol–water partition coefficient (Wildman–Crippen LogP) is 3.25. The summed E-state index contributed by atoms with van der Waals surface area (Å²) in [5.41, 5.74) is 9.39. The molecule has 1 aliphatic carbocycles. The Morgan fingerprint density at radius 2 is 1.80 bits per heavy atom. The topological polar surface area (TPSA) is 55.1 Å². The van der Waals surface area contributed by atoms with Gasteiger partial charge in [-0.25, -0.2) is 0 Å². The Bertz CT molecular complexity index is 551. The van der Waals surface area contributed by atoms with Crippen LogP contribution in [0.25, 0.3) is 0 Å².